The second kappa shape index (κ2) is 12.1. The molecule has 0 aromatic heterocycles. The highest BCUT2D eigenvalue weighted by atomic mass is 16.2. The summed E-state index contributed by atoms with van der Waals surface area (Å²) in [4.78, 5) is 27.9. The standard InChI is InChI=1S/C31H39N5O2/c1-3-4-7-24(25-8-5-6-9-26(25)29-21(2)10-15-28(33)27(29)20-32)22-11-13-23(14-12-22)30(37)35-16-18-36(19-17-35)31(34)38/h7,10-15,20,32H,3-6,8-9,16-19,33H2,1-2H3,(H2,34,38)/b24-7+,32-20?. The normalized spacial score (nSPS) is 16.5. The number of amides is 3. The third-order valence-corrected chi connectivity index (χ3v) is 7.69. The number of anilines is 1. The van der Waals surface area contributed by atoms with Crippen molar-refractivity contribution < 1.29 is 9.59 Å². The fraction of sp³-hybridized carbons (Fsp3) is 0.387. The molecule has 1 aliphatic heterocycles. The Morgan fingerprint density at radius 1 is 0.947 bits per heavy atom. The first-order chi connectivity index (χ1) is 18.3. The number of nitrogens with one attached hydrogen (secondary N) is 1. The summed E-state index contributed by atoms with van der Waals surface area (Å²) in [5.41, 5.74) is 20.9. The topological polar surface area (TPSA) is 117 Å². The summed E-state index contributed by atoms with van der Waals surface area (Å²) in [6.45, 7) is 6.16. The molecule has 38 heavy (non-hydrogen) atoms. The molecule has 1 saturated heterocycles. The maximum Gasteiger partial charge on any atom is 0.314 e. The third kappa shape index (κ3) is 5.67. The van der Waals surface area contributed by atoms with E-state index in [4.69, 9.17) is 16.9 Å². The van der Waals surface area contributed by atoms with Crippen molar-refractivity contribution in [1.82, 2.24) is 9.80 Å². The molecular weight excluding hydrogens is 474 g/mol. The fourth-order valence-electron chi connectivity index (χ4n) is 5.59. The molecule has 1 fully saturated rings. The molecule has 3 amide bonds. The predicted molar refractivity (Wildman–Crippen MR) is 155 cm³/mol. The van der Waals surface area contributed by atoms with Crippen molar-refractivity contribution >= 4 is 35.0 Å². The zero-order valence-electron chi connectivity index (χ0n) is 22.6. The van der Waals surface area contributed by atoms with Crippen molar-refractivity contribution in [3.05, 3.63) is 75.9 Å². The number of hydrogen-bond donors (Lipinski definition) is 3. The predicted octanol–water partition coefficient (Wildman–Crippen LogP) is 5.62. The summed E-state index contributed by atoms with van der Waals surface area (Å²) in [5, 5.41) is 8.07. The molecule has 1 aliphatic carbocycles. The van der Waals surface area contributed by atoms with E-state index in [1.807, 2.05) is 18.2 Å². The van der Waals surface area contributed by atoms with E-state index in [0.29, 0.717) is 37.4 Å². The molecule has 7 nitrogen and oxygen atoms in total. The highest BCUT2D eigenvalue weighted by molar-refractivity contribution is 5.99. The van der Waals surface area contributed by atoms with Crippen LogP contribution in [0.1, 0.15) is 78.1 Å². The van der Waals surface area contributed by atoms with Gasteiger partial charge in [0, 0.05) is 49.2 Å². The van der Waals surface area contributed by atoms with Gasteiger partial charge in [-0.05, 0) is 90.6 Å². The zero-order valence-corrected chi connectivity index (χ0v) is 22.6. The summed E-state index contributed by atoms with van der Waals surface area (Å²) in [7, 11) is 0. The maximum atomic E-state index is 13.1. The average molecular weight is 514 g/mol. The van der Waals surface area contributed by atoms with Gasteiger partial charge in [0.25, 0.3) is 5.91 Å². The van der Waals surface area contributed by atoms with Crippen LogP contribution in [0.2, 0.25) is 0 Å². The van der Waals surface area contributed by atoms with E-state index >= 15 is 0 Å². The van der Waals surface area contributed by atoms with Gasteiger partial charge in [-0.2, -0.15) is 0 Å². The van der Waals surface area contributed by atoms with Gasteiger partial charge in [-0.25, -0.2) is 4.79 Å². The molecule has 1 heterocycles. The Hall–Kier alpha value is -3.87. The lowest BCUT2D eigenvalue weighted by Gasteiger charge is -2.33. The van der Waals surface area contributed by atoms with E-state index < -0.39 is 6.03 Å². The van der Waals surface area contributed by atoms with Crippen molar-refractivity contribution in [2.24, 2.45) is 5.73 Å². The van der Waals surface area contributed by atoms with Gasteiger partial charge >= 0.3 is 6.03 Å². The molecule has 0 bridgehead atoms. The van der Waals surface area contributed by atoms with Crippen molar-refractivity contribution in [1.29, 1.82) is 5.41 Å². The second-order valence-electron chi connectivity index (χ2n) is 10.2. The number of urea groups is 1. The van der Waals surface area contributed by atoms with Gasteiger partial charge in [0.1, 0.15) is 0 Å². The fourth-order valence-corrected chi connectivity index (χ4v) is 5.59. The molecule has 0 spiro atoms. The number of nitrogen functional groups attached to an aromatic ring is 1. The molecule has 0 atom stereocenters. The number of rotatable bonds is 7. The highest BCUT2D eigenvalue weighted by Crippen LogP contribution is 2.42. The second-order valence-corrected chi connectivity index (χ2v) is 10.2. The minimum Gasteiger partial charge on any atom is -0.398 e. The lowest BCUT2D eigenvalue weighted by Crippen LogP contribution is -2.52. The minimum atomic E-state index is -0.439. The van der Waals surface area contributed by atoms with Gasteiger partial charge in [0.2, 0.25) is 0 Å². The number of nitrogens with two attached hydrogens (primary N) is 2. The first-order valence-corrected chi connectivity index (χ1v) is 13.6. The van der Waals surface area contributed by atoms with E-state index in [2.05, 4.69) is 38.1 Å². The molecule has 7 heteroatoms. The lowest BCUT2D eigenvalue weighted by molar-refractivity contribution is 0.0669. The number of carbonyl (C=O) groups excluding carboxylic acids is 2. The van der Waals surface area contributed by atoms with Crippen LogP contribution in [0.15, 0.2) is 48.0 Å². The van der Waals surface area contributed by atoms with Crippen molar-refractivity contribution in [2.75, 3.05) is 31.9 Å². The molecule has 200 valence electrons. The number of primary amides is 1. The highest BCUT2D eigenvalue weighted by Gasteiger charge is 2.25. The molecule has 2 aliphatic rings. The van der Waals surface area contributed by atoms with Crippen molar-refractivity contribution in [2.45, 2.75) is 52.4 Å². The summed E-state index contributed by atoms with van der Waals surface area (Å²) in [6.07, 6.45) is 9.88. The molecule has 4 rings (SSSR count). The summed E-state index contributed by atoms with van der Waals surface area (Å²) < 4.78 is 0. The number of unbranched alkanes of at least 4 members (excludes halogenated alkanes) is 1. The molecule has 5 N–H and O–H groups in total. The number of aryl methyl sites for hydroxylation is 1. The number of allylic oxidation sites excluding steroid dienone is 4. The van der Waals surface area contributed by atoms with E-state index in [-0.39, 0.29) is 5.91 Å². The summed E-state index contributed by atoms with van der Waals surface area (Å²) in [5.74, 6) is -0.0247. The van der Waals surface area contributed by atoms with Crippen LogP contribution in [0, 0.1) is 12.3 Å². The Balaban J connectivity index is 1.69. The van der Waals surface area contributed by atoms with Crippen LogP contribution >= 0.6 is 0 Å². The summed E-state index contributed by atoms with van der Waals surface area (Å²) >= 11 is 0. The Kier molecular flexibility index (Phi) is 8.66. The number of piperazine rings is 1. The van der Waals surface area contributed by atoms with E-state index in [1.165, 1.54) is 22.9 Å². The molecule has 0 unspecified atom stereocenters. The van der Waals surface area contributed by atoms with E-state index in [1.54, 1.807) is 9.80 Å². The number of carbonyl (C=O) groups is 2. The van der Waals surface area contributed by atoms with Gasteiger partial charge in [0.05, 0.1) is 0 Å². The van der Waals surface area contributed by atoms with Crippen LogP contribution in [0.3, 0.4) is 0 Å². The van der Waals surface area contributed by atoms with Gasteiger partial charge in [0.15, 0.2) is 0 Å². The van der Waals surface area contributed by atoms with Crippen LogP contribution in [0.5, 0.6) is 0 Å². The van der Waals surface area contributed by atoms with Gasteiger partial charge < -0.3 is 26.7 Å². The number of benzene rings is 2. The minimum absolute atomic E-state index is 0.0247. The third-order valence-electron chi connectivity index (χ3n) is 7.69. The quantitative estimate of drug-likeness (QED) is 0.329. The number of hydrogen-bond acceptors (Lipinski definition) is 4. The molecular formula is C31H39N5O2. The van der Waals surface area contributed by atoms with Crippen LogP contribution in [-0.2, 0) is 0 Å². The SMILES string of the molecule is CCC/C=C(/C1=C(c2c(C)ccc(N)c2C=N)CCCC1)c1ccc(C(=O)N2CCN(C(N)=O)CC2)cc1. The Bertz CT molecular complexity index is 1270. The molecule has 2 aromatic rings. The van der Waals surface area contributed by atoms with E-state index in [9.17, 15) is 9.59 Å². The Morgan fingerprint density at radius 2 is 1.58 bits per heavy atom. The Labute approximate surface area is 225 Å². The summed E-state index contributed by atoms with van der Waals surface area (Å²) in [6, 6.07) is 11.4. The smallest absolute Gasteiger partial charge is 0.314 e. The van der Waals surface area contributed by atoms with Crippen LogP contribution in [-0.4, -0.2) is 54.1 Å². The first kappa shape index (κ1) is 27.2. The monoisotopic (exact) mass is 513 g/mol. The maximum absolute atomic E-state index is 13.1. The Morgan fingerprint density at radius 3 is 2.21 bits per heavy atom. The van der Waals surface area contributed by atoms with Gasteiger partial charge in [-0.1, -0.05) is 37.6 Å². The van der Waals surface area contributed by atoms with Crippen molar-refractivity contribution in [3.8, 4) is 0 Å². The van der Waals surface area contributed by atoms with Gasteiger partial charge in [-0.3, -0.25) is 4.79 Å². The van der Waals surface area contributed by atoms with Crippen LogP contribution in [0.4, 0.5) is 10.5 Å². The largest absolute Gasteiger partial charge is 0.398 e. The zero-order chi connectivity index (χ0) is 27.2. The lowest BCUT2D eigenvalue weighted by atomic mass is 9.78. The molecule has 2 aromatic carbocycles. The van der Waals surface area contributed by atoms with Crippen LogP contribution < -0.4 is 11.5 Å². The van der Waals surface area contributed by atoms with Gasteiger partial charge in [-0.15, -0.1) is 0 Å². The van der Waals surface area contributed by atoms with E-state index in [0.717, 1.165) is 60.8 Å². The number of nitrogens with zero attached hydrogens (tertiary/aromatic N) is 2. The average Bonchev–Trinajstić information content (AvgIpc) is 2.94. The molecule has 0 saturated carbocycles. The molecule has 0 radical (unpaired) electrons. The van der Waals surface area contributed by atoms with Crippen molar-refractivity contribution in [3.63, 3.8) is 0 Å². The first-order valence-electron chi connectivity index (χ1n) is 13.6. The van der Waals surface area contributed by atoms with Crippen LogP contribution in [0.25, 0.3) is 11.1 Å².